The van der Waals surface area contributed by atoms with E-state index in [9.17, 15) is 4.79 Å². The second-order valence-corrected chi connectivity index (χ2v) is 2.76. The van der Waals surface area contributed by atoms with Crippen LogP contribution in [0.5, 0.6) is 0 Å². The third-order valence-corrected chi connectivity index (χ3v) is 1.64. The van der Waals surface area contributed by atoms with Gasteiger partial charge in [-0.05, 0) is 18.1 Å². The Labute approximate surface area is 81.8 Å². The number of carboxylic acids is 1. The minimum Gasteiger partial charge on any atom is -0.479 e. The maximum atomic E-state index is 10.1. The smallest absolute Gasteiger partial charge is 0.344 e. The lowest BCUT2D eigenvalue weighted by molar-refractivity contribution is -0.142. The SMILES string of the molecule is Cc1ccccc1/C=N\OCC(=O)O. The number of carboxylic acid groups (broad SMARTS) is 1. The Morgan fingerprint density at radius 2 is 2.29 bits per heavy atom. The highest BCUT2D eigenvalue weighted by Gasteiger charge is 1.94. The van der Waals surface area contributed by atoms with Crippen molar-refractivity contribution in [1.82, 2.24) is 0 Å². The first-order chi connectivity index (χ1) is 6.70. The van der Waals surface area contributed by atoms with E-state index in [0.717, 1.165) is 11.1 Å². The molecule has 0 radical (unpaired) electrons. The van der Waals surface area contributed by atoms with Crippen LogP contribution in [-0.4, -0.2) is 23.9 Å². The third kappa shape index (κ3) is 3.26. The molecule has 1 aromatic rings. The van der Waals surface area contributed by atoms with Crippen molar-refractivity contribution in [3.63, 3.8) is 0 Å². The van der Waals surface area contributed by atoms with Gasteiger partial charge in [0.15, 0.2) is 0 Å². The molecule has 0 heterocycles. The Hall–Kier alpha value is -1.84. The quantitative estimate of drug-likeness (QED) is 0.581. The average molecular weight is 193 g/mol. The molecule has 0 unspecified atom stereocenters. The van der Waals surface area contributed by atoms with Crippen molar-refractivity contribution >= 4 is 12.2 Å². The van der Waals surface area contributed by atoms with Crippen molar-refractivity contribution in [3.05, 3.63) is 35.4 Å². The van der Waals surface area contributed by atoms with Gasteiger partial charge >= 0.3 is 5.97 Å². The number of aliphatic carboxylic acids is 1. The zero-order chi connectivity index (χ0) is 10.4. The standard InChI is InChI=1S/C10H11NO3/c1-8-4-2-3-5-9(8)6-11-14-7-10(12)13/h2-6H,7H2,1H3,(H,12,13)/b11-6-. The summed E-state index contributed by atoms with van der Waals surface area (Å²) in [6.07, 6.45) is 1.50. The molecule has 74 valence electrons. The van der Waals surface area contributed by atoms with E-state index in [-0.39, 0.29) is 0 Å². The number of hydrogen-bond donors (Lipinski definition) is 1. The molecule has 1 aromatic carbocycles. The molecular formula is C10H11NO3. The van der Waals surface area contributed by atoms with Crippen LogP contribution in [0.1, 0.15) is 11.1 Å². The maximum Gasteiger partial charge on any atom is 0.344 e. The van der Waals surface area contributed by atoms with Gasteiger partial charge in [-0.15, -0.1) is 0 Å². The number of carbonyl (C=O) groups is 1. The molecule has 0 aliphatic heterocycles. The Balaban J connectivity index is 2.52. The van der Waals surface area contributed by atoms with Gasteiger partial charge in [0.25, 0.3) is 0 Å². The molecule has 0 spiro atoms. The molecule has 0 amide bonds. The summed E-state index contributed by atoms with van der Waals surface area (Å²) in [5.74, 6) is -1.04. The van der Waals surface area contributed by atoms with Crippen molar-refractivity contribution < 1.29 is 14.7 Å². The molecule has 0 aromatic heterocycles. The molecular weight excluding hydrogens is 182 g/mol. The first-order valence-corrected chi connectivity index (χ1v) is 4.13. The number of nitrogens with zero attached hydrogens (tertiary/aromatic N) is 1. The summed E-state index contributed by atoms with van der Waals surface area (Å²) in [7, 11) is 0. The van der Waals surface area contributed by atoms with Gasteiger partial charge in [-0.3, -0.25) is 0 Å². The van der Waals surface area contributed by atoms with Gasteiger partial charge in [-0.2, -0.15) is 0 Å². The van der Waals surface area contributed by atoms with Crippen molar-refractivity contribution in [1.29, 1.82) is 0 Å². The van der Waals surface area contributed by atoms with Crippen LogP contribution < -0.4 is 0 Å². The molecule has 0 aliphatic rings. The predicted octanol–water partition coefficient (Wildman–Crippen LogP) is 1.43. The summed E-state index contributed by atoms with van der Waals surface area (Å²) >= 11 is 0. The number of hydrogen-bond acceptors (Lipinski definition) is 3. The second-order valence-electron chi connectivity index (χ2n) is 2.76. The lowest BCUT2D eigenvalue weighted by atomic mass is 10.1. The zero-order valence-electron chi connectivity index (χ0n) is 7.80. The number of rotatable bonds is 4. The average Bonchev–Trinajstić information content (AvgIpc) is 2.15. The molecule has 4 nitrogen and oxygen atoms in total. The molecule has 1 rings (SSSR count). The molecule has 4 heteroatoms. The fourth-order valence-corrected chi connectivity index (χ4v) is 0.918. The topological polar surface area (TPSA) is 58.9 Å². The van der Waals surface area contributed by atoms with Crippen LogP contribution in [0.25, 0.3) is 0 Å². The second kappa shape index (κ2) is 5.01. The van der Waals surface area contributed by atoms with E-state index < -0.39 is 12.6 Å². The molecule has 0 aliphatic carbocycles. The highest BCUT2D eigenvalue weighted by molar-refractivity contribution is 5.81. The molecule has 0 atom stereocenters. The molecule has 0 saturated carbocycles. The third-order valence-electron chi connectivity index (χ3n) is 1.64. The van der Waals surface area contributed by atoms with Crippen molar-refractivity contribution in [2.24, 2.45) is 5.16 Å². The Morgan fingerprint density at radius 3 is 2.93 bits per heavy atom. The molecule has 0 saturated heterocycles. The minimum atomic E-state index is -1.04. The van der Waals surface area contributed by atoms with Gasteiger partial charge in [-0.1, -0.05) is 29.4 Å². The van der Waals surface area contributed by atoms with Gasteiger partial charge in [-0.25, -0.2) is 4.79 Å². The number of aryl methyl sites for hydroxylation is 1. The Morgan fingerprint density at radius 1 is 1.57 bits per heavy atom. The summed E-state index contributed by atoms with van der Waals surface area (Å²) in [6.45, 7) is 1.53. The lowest BCUT2D eigenvalue weighted by Crippen LogP contribution is -2.03. The molecule has 14 heavy (non-hydrogen) atoms. The van der Waals surface area contributed by atoms with Crippen LogP contribution in [0.4, 0.5) is 0 Å². The van der Waals surface area contributed by atoms with Gasteiger partial charge in [0, 0.05) is 0 Å². The maximum absolute atomic E-state index is 10.1. The normalized spacial score (nSPS) is 10.4. The first kappa shape index (κ1) is 10.2. The highest BCUT2D eigenvalue weighted by atomic mass is 16.6. The first-order valence-electron chi connectivity index (χ1n) is 4.13. The van der Waals surface area contributed by atoms with Gasteiger partial charge < -0.3 is 9.94 Å². The Kier molecular flexibility index (Phi) is 3.67. The highest BCUT2D eigenvalue weighted by Crippen LogP contribution is 2.03. The van der Waals surface area contributed by atoms with Gasteiger partial charge in [0.1, 0.15) is 0 Å². The lowest BCUT2D eigenvalue weighted by Gasteiger charge is -1.97. The van der Waals surface area contributed by atoms with E-state index in [1.807, 2.05) is 31.2 Å². The van der Waals surface area contributed by atoms with E-state index in [4.69, 9.17) is 5.11 Å². The molecule has 0 bridgehead atoms. The minimum absolute atomic E-state index is 0.414. The monoisotopic (exact) mass is 193 g/mol. The van der Waals surface area contributed by atoms with E-state index in [1.165, 1.54) is 6.21 Å². The van der Waals surface area contributed by atoms with Crippen LogP contribution in [-0.2, 0) is 9.63 Å². The van der Waals surface area contributed by atoms with Crippen molar-refractivity contribution in [2.45, 2.75) is 6.92 Å². The van der Waals surface area contributed by atoms with Crippen molar-refractivity contribution in [2.75, 3.05) is 6.61 Å². The van der Waals surface area contributed by atoms with Gasteiger partial charge in [0.2, 0.25) is 6.61 Å². The predicted molar refractivity (Wildman–Crippen MR) is 52.4 cm³/mol. The Bertz CT molecular complexity index is 347. The van der Waals surface area contributed by atoms with Crippen LogP contribution >= 0.6 is 0 Å². The van der Waals surface area contributed by atoms with E-state index in [1.54, 1.807) is 0 Å². The van der Waals surface area contributed by atoms with Crippen LogP contribution in [0, 0.1) is 6.92 Å². The van der Waals surface area contributed by atoms with Crippen molar-refractivity contribution in [3.8, 4) is 0 Å². The summed E-state index contributed by atoms with van der Waals surface area (Å²) in [5, 5.41) is 11.8. The summed E-state index contributed by atoms with van der Waals surface area (Å²) in [5.41, 5.74) is 1.98. The number of benzene rings is 1. The van der Waals surface area contributed by atoms with E-state index in [2.05, 4.69) is 9.99 Å². The molecule has 1 N–H and O–H groups in total. The fourth-order valence-electron chi connectivity index (χ4n) is 0.918. The summed E-state index contributed by atoms with van der Waals surface area (Å²) in [4.78, 5) is 14.6. The molecule has 0 fully saturated rings. The summed E-state index contributed by atoms with van der Waals surface area (Å²) in [6, 6.07) is 7.62. The zero-order valence-corrected chi connectivity index (χ0v) is 7.80. The van der Waals surface area contributed by atoms with Crippen LogP contribution in [0.2, 0.25) is 0 Å². The van der Waals surface area contributed by atoms with Gasteiger partial charge in [0.05, 0.1) is 6.21 Å². The van der Waals surface area contributed by atoms with Crippen LogP contribution in [0.15, 0.2) is 29.4 Å². The largest absolute Gasteiger partial charge is 0.479 e. The van der Waals surface area contributed by atoms with Crippen LogP contribution in [0.3, 0.4) is 0 Å². The van der Waals surface area contributed by atoms with E-state index >= 15 is 0 Å². The summed E-state index contributed by atoms with van der Waals surface area (Å²) < 4.78 is 0. The van der Waals surface area contributed by atoms with E-state index in [0.29, 0.717) is 0 Å². The fraction of sp³-hybridized carbons (Fsp3) is 0.200. The number of oxime groups is 1.